The van der Waals surface area contributed by atoms with Crippen molar-refractivity contribution in [1.29, 1.82) is 0 Å². The van der Waals surface area contributed by atoms with E-state index in [0.29, 0.717) is 6.61 Å². The highest BCUT2D eigenvalue weighted by atomic mass is 16.7. The molecule has 0 spiro atoms. The molecule has 30 heavy (non-hydrogen) atoms. The molecule has 0 N–H and O–H groups in total. The van der Waals surface area contributed by atoms with Crippen molar-refractivity contribution in [3.05, 3.63) is 53.6 Å². The normalized spacial score (nSPS) is 20.8. The summed E-state index contributed by atoms with van der Waals surface area (Å²) in [6, 6.07) is 14.7. The first kappa shape index (κ1) is 21.1. The van der Waals surface area contributed by atoms with Gasteiger partial charge in [-0.3, -0.25) is 4.79 Å². The number of hydrogen-bond acceptors (Lipinski definition) is 4. The summed E-state index contributed by atoms with van der Waals surface area (Å²) in [7, 11) is -0.357. The molecule has 1 heterocycles. The lowest BCUT2D eigenvalue weighted by Crippen LogP contribution is -2.41. The maximum absolute atomic E-state index is 12.3. The summed E-state index contributed by atoms with van der Waals surface area (Å²) in [5.74, 6) is -0.0966. The van der Waals surface area contributed by atoms with Gasteiger partial charge in [-0.25, -0.2) is 0 Å². The Balaban J connectivity index is 1.55. The molecule has 5 heteroatoms. The van der Waals surface area contributed by atoms with Gasteiger partial charge >= 0.3 is 13.1 Å². The minimum absolute atomic E-state index is 0.0966. The summed E-state index contributed by atoms with van der Waals surface area (Å²) < 4.78 is 17.7. The Kier molecular flexibility index (Phi) is 5.10. The van der Waals surface area contributed by atoms with Crippen molar-refractivity contribution in [3.8, 4) is 11.1 Å². The van der Waals surface area contributed by atoms with E-state index in [-0.39, 0.29) is 24.3 Å². The summed E-state index contributed by atoms with van der Waals surface area (Å²) >= 11 is 0. The summed E-state index contributed by atoms with van der Waals surface area (Å²) in [6.45, 7) is 12.7. The molecule has 0 radical (unpaired) electrons. The molecule has 1 saturated carbocycles. The fourth-order valence-electron chi connectivity index (χ4n) is 4.11. The molecule has 0 atom stereocenters. The first-order valence-corrected chi connectivity index (χ1v) is 10.8. The van der Waals surface area contributed by atoms with Gasteiger partial charge in [0, 0.05) is 0 Å². The minimum atomic E-state index is -0.426. The monoisotopic (exact) mass is 406 g/mol. The van der Waals surface area contributed by atoms with E-state index in [2.05, 4.69) is 77.1 Å². The third kappa shape index (κ3) is 3.48. The first-order chi connectivity index (χ1) is 14.1. The molecule has 158 valence electrons. The van der Waals surface area contributed by atoms with Crippen LogP contribution in [0.25, 0.3) is 11.1 Å². The summed E-state index contributed by atoms with van der Waals surface area (Å²) in [5, 5.41) is 0. The number of carbonyl (C=O) groups excluding carboxylic acids is 1. The topological polar surface area (TPSA) is 44.8 Å². The van der Waals surface area contributed by atoms with E-state index >= 15 is 0 Å². The number of hydrogen-bond donors (Lipinski definition) is 0. The third-order valence-electron chi connectivity index (χ3n) is 6.94. The second-order valence-corrected chi connectivity index (χ2v) is 9.54. The first-order valence-electron chi connectivity index (χ1n) is 10.8. The quantitative estimate of drug-likeness (QED) is 0.540. The molecule has 0 amide bonds. The number of benzene rings is 2. The van der Waals surface area contributed by atoms with Crippen molar-refractivity contribution in [2.24, 2.45) is 0 Å². The zero-order valence-electron chi connectivity index (χ0n) is 18.9. The standard InChI is InChI=1S/C25H31BO4/c1-7-28-22(27)25(14-15-25)19-10-8-18(9-11-19)21-13-12-20(16-17(21)2)26-29-23(3,4)24(5,6)30-26/h8-13,16H,7,14-15H2,1-6H3. The Morgan fingerprint density at radius 2 is 1.60 bits per heavy atom. The Hall–Kier alpha value is -2.11. The number of esters is 1. The molecule has 4 nitrogen and oxygen atoms in total. The van der Waals surface area contributed by atoms with E-state index in [1.165, 1.54) is 11.1 Å². The average molecular weight is 406 g/mol. The molecule has 1 aliphatic heterocycles. The molecule has 2 aliphatic rings. The van der Waals surface area contributed by atoms with Gasteiger partial charge in [-0.1, -0.05) is 42.5 Å². The molecule has 2 fully saturated rings. The largest absolute Gasteiger partial charge is 0.494 e. The molecule has 2 aromatic carbocycles. The Morgan fingerprint density at radius 1 is 1.00 bits per heavy atom. The van der Waals surface area contributed by atoms with Crippen molar-refractivity contribution in [1.82, 2.24) is 0 Å². The molecule has 0 unspecified atom stereocenters. The summed E-state index contributed by atoms with van der Waals surface area (Å²) in [4.78, 5) is 12.3. The molecule has 2 aromatic rings. The lowest BCUT2D eigenvalue weighted by Gasteiger charge is -2.32. The van der Waals surface area contributed by atoms with Crippen LogP contribution in [0.5, 0.6) is 0 Å². The van der Waals surface area contributed by atoms with Crippen LogP contribution in [-0.2, 0) is 24.3 Å². The number of carbonyl (C=O) groups is 1. The van der Waals surface area contributed by atoms with Crippen molar-refractivity contribution in [3.63, 3.8) is 0 Å². The van der Waals surface area contributed by atoms with Crippen molar-refractivity contribution >= 4 is 18.6 Å². The van der Waals surface area contributed by atoms with Crippen LogP contribution in [0.3, 0.4) is 0 Å². The highest BCUT2D eigenvalue weighted by Gasteiger charge is 2.53. The van der Waals surface area contributed by atoms with Crippen molar-refractivity contribution in [2.75, 3.05) is 6.61 Å². The number of ether oxygens (including phenoxy) is 1. The van der Waals surface area contributed by atoms with Gasteiger partial charge in [0.15, 0.2) is 0 Å². The van der Waals surface area contributed by atoms with E-state index in [0.717, 1.165) is 29.4 Å². The van der Waals surface area contributed by atoms with Gasteiger partial charge in [-0.15, -0.1) is 0 Å². The zero-order valence-corrected chi connectivity index (χ0v) is 18.9. The summed E-state index contributed by atoms with van der Waals surface area (Å²) in [6.07, 6.45) is 1.74. The minimum Gasteiger partial charge on any atom is -0.465 e. The Labute approximate surface area is 180 Å². The smallest absolute Gasteiger partial charge is 0.465 e. The van der Waals surface area contributed by atoms with E-state index < -0.39 is 5.41 Å². The van der Waals surface area contributed by atoms with Crippen LogP contribution in [0.2, 0.25) is 0 Å². The third-order valence-corrected chi connectivity index (χ3v) is 6.94. The van der Waals surface area contributed by atoms with Gasteiger partial charge < -0.3 is 14.0 Å². The van der Waals surface area contributed by atoms with Crippen LogP contribution < -0.4 is 5.46 Å². The molecule has 0 aromatic heterocycles. The van der Waals surface area contributed by atoms with Gasteiger partial charge in [-0.2, -0.15) is 0 Å². The SMILES string of the molecule is CCOC(=O)C1(c2ccc(-c3ccc(B4OC(C)(C)C(C)(C)O4)cc3C)cc2)CC1. The van der Waals surface area contributed by atoms with E-state index in [1.54, 1.807) is 0 Å². The Morgan fingerprint density at radius 3 is 2.10 bits per heavy atom. The lowest BCUT2D eigenvalue weighted by atomic mass is 9.77. The van der Waals surface area contributed by atoms with Crippen molar-refractivity contribution < 1.29 is 18.8 Å². The second kappa shape index (κ2) is 7.24. The van der Waals surface area contributed by atoms with Crippen LogP contribution in [0.4, 0.5) is 0 Å². The number of rotatable bonds is 5. The average Bonchev–Trinajstić information content (AvgIpc) is 3.45. The van der Waals surface area contributed by atoms with Crippen molar-refractivity contribution in [2.45, 2.75) is 71.0 Å². The fourth-order valence-corrected chi connectivity index (χ4v) is 4.11. The maximum atomic E-state index is 12.3. The molecule has 1 saturated heterocycles. The fraction of sp³-hybridized carbons (Fsp3) is 0.480. The van der Waals surface area contributed by atoms with E-state index in [1.807, 2.05) is 6.92 Å². The highest BCUT2D eigenvalue weighted by molar-refractivity contribution is 6.62. The molecule has 0 bridgehead atoms. The zero-order chi connectivity index (χ0) is 21.7. The van der Waals surface area contributed by atoms with Crippen LogP contribution in [0.15, 0.2) is 42.5 Å². The Bertz CT molecular complexity index is 942. The van der Waals surface area contributed by atoms with Crippen LogP contribution in [0, 0.1) is 6.92 Å². The van der Waals surface area contributed by atoms with Gasteiger partial charge in [0.05, 0.1) is 23.2 Å². The van der Waals surface area contributed by atoms with Gasteiger partial charge in [-0.05, 0) is 82.1 Å². The van der Waals surface area contributed by atoms with Gasteiger partial charge in [0.25, 0.3) is 0 Å². The van der Waals surface area contributed by atoms with E-state index in [4.69, 9.17) is 14.0 Å². The molecule has 1 aliphatic carbocycles. The van der Waals surface area contributed by atoms with E-state index in [9.17, 15) is 4.79 Å². The van der Waals surface area contributed by atoms with Crippen LogP contribution >= 0.6 is 0 Å². The summed E-state index contributed by atoms with van der Waals surface area (Å²) in [5.41, 5.74) is 4.43. The lowest BCUT2D eigenvalue weighted by molar-refractivity contribution is -0.146. The number of aryl methyl sites for hydroxylation is 1. The van der Waals surface area contributed by atoms with Crippen LogP contribution in [-0.4, -0.2) is 30.9 Å². The predicted molar refractivity (Wildman–Crippen MR) is 120 cm³/mol. The molecular formula is C25H31BO4. The molecule has 4 rings (SSSR count). The predicted octanol–water partition coefficient (Wildman–Crippen LogP) is 4.56. The molecular weight excluding hydrogens is 375 g/mol. The van der Waals surface area contributed by atoms with Gasteiger partial charge in [0.2, 0.25) is 0 Å². The van der Waals surface area contributed by atoms with Crippen LogP contribution in [0.1, 0.15) is 58.6 Å². The highest BCUT2D eigenvalue weighted by Crippen LogP contribution is 2.49. The maximum Gasteiger partial charge on any atom is 0.494 e. The second-order valence-electron chi connectivity index (χ2n) is 9.54. The van der Waals surface area contributed by atoms with Gasteiger partial charge in [0.1, 0.15) is 0 Å².